The quantitative estimate of drug-likeness (QED) is 0.529. The molecule has 1 unspecified atom stereocenters. The van der Waals surface area contributed by atoms with Gasteiger partial charge in [0.05, 0.1) is 12.9 Å². The maximum absolute atomic E-state index is 5.35. The molecule has 0 aliphatic carbocycles. The SMILES string of the molecule is CC=COCC(CC)CCCC. The summed E-state index contributed by atoms with van der Waals surface area (Å²) in [6.07, 6.45) is 8.89. The topological polar surface area (TPSA) is 9.23 Å². The molecule has 72 valence electrons. The minimum Gasteiger partial charge on any atom is -0.501 e. The third kappa shape index (κ3) is 6.26. The fourth-order valence-corrected chi connectivity index (χ4v) is 1.19. The van der Waals surface area contributed by atoms with E-state index in [0.29, 0.717) is 0 Å². The van der Waals surface area contributed by atoms with Crippen LogP contribution in [0.15, 0.2) is 12.3 Å². The van der Waals surface area contributed by atoms with Gasteiger partial charge in [-0.15, -0.1) is 0 Å². The molecule has 1 nitrogen and oxygen atoms in total. The average molecular weight is 170 g/mol. The Morgan fingerprint density at radius 2 is 2.08 bits per heavy atom. The van der Waals surface area contributed by atoms with Gasteiger partial charge in [-0.05, 0) is 19.3 Å². The Hall–Kier alpha value is -0.460. The van der Waals surface area contributed by atoms with Crippen LogP contribution in [0.4, 0.5) is 0 Å². The van der Waals surface area contributed by atoms with Crippen LogP contribution in [0.3, 0.4) is 0 Å². The molecule has 0 fully saturated rings. The van der Waals surface area contributed by atoms with Crippen molar-refractivity contribution in [1.29, 1.82) is 0 Å². The van der Waals surface area contributed by atoms with Crippen LogP contribution in [0.5, 0.6) is 0 Å². The van der Waals surface area contributed by atoms with Crippen molar-refractivity contribution in [1.82, 2.24) is 0 Å². The summed E-state index contributed by atoms with van der Waals surface area (Å²) in [5.41, 5.74) is 0. The number of ether oxygens (including phenoxy) is 1. The molecule has 0 aromatic rings. The molecule has 0 amide bonds. The fourth-order valence-electron chi connectivity index (χ4n) is 1.19. The summed E-state index contributed by atoms with van der Waals surface area (Å²) in [5, 5.41) is 0. The van der Waals surface area contributed by atoms with Crippen LogP contribution < -0.4 is 0 Å². The minimum absolute atomic E-state index is 0.751. The zero-order valence-electron chi connectivity index (χ0n) is 8.68. The lowest BCUT2D eigenvalue weighted by atomic mass is 10.0. The maximum atomic E-state index is 5.35. The van der Waals surface area contributed by atoms with Gasteiger partial charge in [0.1, 0.15) is 0 Å². The first-order valence-electron chi connectivity index (χ1n) is 5.07. The molecule has 1 atom stereocenters. The second-order valence-corrected chi connectivity index (χ2v) is 3.22. The van der Waals surface area contributed by atoms with Gasteiger partial charge in [0, 0.05) is 0 Å². The zero-order chi connectivity index (χ0) is 9.23. The molecule has 0 aliphatic rings. The summed E-state index contributed by atoms with van der Waals surface area (Å²) in [6.45, 7) is 7.34. The van der Waals surface area contributed by atoms with Crippen LogP contribution >= 0.6 is 0 Å². The van der Waals surface area contributed by atoms with E-state index in [1.165, 1.54) is 25.7 Å². The van der Waals surface area contributed by atoms with Gasteiger partial charge >= 0.3 is 0 Å². The summed E-state index contributed by atoms with van der Waals surface area (Å²) in [7, 11) is 0. The highest BCUT2D eigenvalue weighted by atomic mass is 16.5. The molecule has 0 bridgehead atoms. The van der Waals surface area contributed by atoms with Crippen molar-refractivity contribution in [2.24, 2.45) is 5.92 Å². The third-order valence-electron chi connectivity index (χ3n) is 2.11. The first kappa shape index (κ1) is 11.5. The van der Waals surface area contributed by atoms with E-state index in [2.05, 4.69) is 13.8 Å². The molecule has 0 aromatic heterocycles. The molecular weight excluding hydrogens is 148 g/mol. The van der Waals surface area contributed by atoms with Crippen LogP contribution in [-0.4, -0.2) is 6.61 Å². The molecule has 0 saturated carbocycles. The second kappa shape index (κ2) is 8.63. The number of rotatable bonds is 7. The lowest BCUT2D eigenvalue weighted by Crippen LogP contribution is -2.06. The van der Waals surface area contributed by atoms with E-state index in [-0.39, 0.29) is 0 Å². The monoisotopic (exact) mass is 170 g/mol. The first-order chi connectivity index (χ1) is 5.85. The Kier molecular flexibility index (Phi) is 8.30. The van der Waals surface area contributed by atoms with E-state index in [4.69, 9.17) is 4.74 Å². The summed E-state index contributed by atoms with van der Waals surface area (Å²) < 4.78 is 5.35. The van der Waals surface area contributed by atoms with Crippen molar-refractivity contribution in [3.05, 3.63) is 12.3 Å². The summed E-state index contributed by atoms with van der Waals surface area (Å²) >= 11 is 0. The summed E-state index contributed by atoms with van der Waals surface area (Å²) in [5.74, 6) is 0.751. The van der Waals surface area contributed by atoms with Crippen molar-refractivity contribution in [3.8, 4) is 0 Å². The average Bonchev–Trinajstić information content (AvgIpc) is 2.11. The van der Waals surface area contributed by atoms with Gasteiger partial charge in [-0.25, -0.2) is 0 Å². The standard InChI is InChI=1S/C11H22O/c1-4-7-8-11(6-3)10-12-9-5-2/h5,9,11H,4,6-8,10H2,1-3H3. The third-order valence-corrected chi connectivity index (χ3v) is 2.11. The second-order valence-electron chi connectivity index (χ2n) is 3.22. The molecule has 0 rings (SSSR count). The van der Waals surface area contributed by atoms with Crippen LogP contribution in [0.1, 0.15) is 46.5 Å². The Morgan fingerprint density at radius 1 is 1.33 bits per heavy atom. The fraction of sp³-hybridized carbons (Fsp3) is 0.818. The predicted octanol–water partition coefficient (Wildman–Crippen LogP) is 3.75. The number of allylic oxidation sites excluding steroid dienone is 1. The van der Waals surface area contributed by atoms with Gasteiger partial charge in [-0.3, -0.25) is 0 Å². The van der Waals surface area contributed by atoms with E-state index in [0.717, 1.165) is 12.5 Å². The molecule has 12 heavy (non-hydrogen) atoms. The van der Waals surface area contributed by atoms with Gasteiger partial charge in [0.15, 0.2) is 0 Å². The van der Waals surface area contributed by atoms with Gasteiger partial charge in [0.25, 0.3) is 0 Å². The van der Waals surface area contributed by atoms with Crippen LogP contribution in [0, 0.1) is 5.92 Å². The van der Waals surface area contributed by atoms with E-state index < -0.39 is 0 Å². The molecule has 0 heterocycles. The lowest BCUT2D eigenvalue weighted by Gasteiger charge is -2.12. The maximum Gasteiger partial charge on any atom is 0.0901 e. The Balaban J connectivity index is 3.39. The molecule has 0 aromatic carbocycles. The Bertz CT molecular complexity index is 108. The largest absolute Gasteiger partial charge is 0.501 e. The molecule has 0 radical (unpaired) electrons. The minimum atomic E-state index is 0.751. The van der Waals surface area contributed by atoms with Crippen molar-refractivity contribution in [2.45, 2.75) is 46.5 Å². The van der Waals surface area contributed by atoms with Gasteiger partial charge in [-0.1, -0.05) is 39.2 Å². The van der Waals surface area contributed by atoms with Crippen LogP contribution in [0.25, 0.3) is 0 Å². The van der Waals surface area contributed by atoms with Crippen LogP contribution in [-0.2, 0) is 4.74 Å². The molecule has 1 heteroatoms. The lowest BCUT2D eigenvalue weighted by molar-refractivity contribution is 0.183. The number of hydrogen-bond acceptors (Lipinski definition) is 1. The van der Waals surface area contributed by atoms with E-state index in [9.17, 15) is 0 Å². The van der Waals surface area contributed by atoms with E-state index in [1.54, 1.807) is 6.26 Å². The molecule has 0 saturated heterocycles. The predicted molar refractivity (Wildman–Crippen MR) is 54.1 cm³/mol. The van der Waals surface area contributed by atoms with Crippen molar-refractivity contribution >= 4 is 0 Å². The van der Waals surface area contributed by atoms with Crippen molar-refractivity contribution in [3.63, 3.8) is 0 Å². The smallest absolute Gasteiger partial charge is 0.0901 e. The highest BCUT2D eigenvalue weighted by Gasteiger charge is 2.04. The van der Waals surface area contributed by atoms with E-state index in [1.807, 2.05) is 13.0 Å². The highest BCUT2D eigenvalue weighted by Crippen LogP contribution is 2.12. The summed E-state index contributed by atoms with van der Waals surface area (Å²) in [4.78, 5) is 0. The molecular formula is C11H22O. The number of unbranched alkanes of at least 4 members (excludes halogenated alkanes) is 1. The molecule has 0 N–H and O–H groups in total. The van der Waals surface area contributed by atoms with Crippen molar-refractivity contribution < 1.29 is 4.74 Å². The van der Waals surface area contributed by atoms with Gasteiger partial charge in [0.2, 0.25) is 0 Å². The Morgan fingerprint density at radius 3 is 2.58 bits per heavy atom. The Labute approximate surface area is 76.8 Å². The normalized spacial score (nSPS) is 13.6. The molecule has 0 aliphatic heterocycles. The number of hydrogen-bond donors (Lipinski definition) is 0. The van der Waals surface area contributed by atoms with Gasteiger partial charge < -0.3 is 4.74 Å². The highest BCUT2D eigenvalue weighted by molar-refractivity contribution is 4.66. The van der Waals surface area contributed by atoms with Gasteiger partial charge in [-0.2, -0.15) is 0 Å². The first-order valence-corrected chi connectivity index (χ1v) is 5.07. The summed E-state index contributed by atoms with van der Waals surface area (Å²) in [6, 6.07) is 0. The van der Waals surface area contributed by atoms with E-state index >= 15 is 0 Å². The zero-order valence-corrected chi connectivity index (χ0v) is 8.68. The van der Waals surface area contributed by atoms with Crippen LogP contribution in [0.2, 0.25) is 0 Å². The molecule has 0 spiro atoms. The van der Waals surface area contributed by atoms with Crippen molar-refractivity contribution in [2.75, 3.05) is 6.61 Å².